The second-order valence-corrected chi connectivity index (χ2v) is 7.34. The summed E-state index contributed by atoms with van der Waals surface area (Å²) in [6.45, 7) is 3.28. The fourth-order valence-corrected chi connectivity index (χ4v) is 4.19. The molecule has 25 heavy (non-hydrogen) atoms. The number of aryl methyl sites for hydroxylation is 1. The minimum atomic E-state index is -0.476. The highest BCUT2D eigenvalue weighted by atomic mass is 16.5. The largest absolute Gasteiger partial charge is 0.491 e. The first-order valence-corrected chi connectivity index (χ1v) is 9.44. The van der Waals surface area contributed by atoms with E-state index >= 15 is 0 Å². The van der Waals surface area contributed by atoms with Crippen molar-refractivity contribution >= 4 is 11.0 Å². The van der Waals surface area contributed by atoms with Crippen LogP contribution in [-0.4, -0.2) is 37.5 Å². The Balaban J connectivity index is 1.43. The van der Waals surface area contributed by atoms with Gasteiger partial charge in [-0.15, -0.1) is 0 Å². The predicted molar refractivity (Wildman–Crippen MR) is 95.4 cm³/mol. The van der Waals surface area contributed by atoms with Gasteiger partial charge in [0.2, 0.25) is 0 Å². The van der Waals surface area contributed by atoms with Crippen molar-refractivity contribution in [1.82, 2.24) is 0 Å². The molecule has 0 radical (unpaired) electrons. The summed E-state index contributed by atoms with van der Waals surface area (Å²) in [4.78, 5) is 13.5. The van der Waals surface area contributed by atoms with Crippen LogP contribution in [0.3, 0.4) is 0 Å². The standard InChI is InChI=1S/C20H25NO4/c22-14(12-21-9-2-1-3-10-21)13-24-15-7-8-17-16-5-4-6-18(16)20(23)25-19(17)11-15/h7-8,11,14,22H,1-6,9-10,12-13H2/p+1/t14-/m1/s1. The highest BCUT2D eigenvalue weighted by Crippen LogP contribution is 2.29. The predicted octanol–water partition coefficient (Wildman–Crippen LogP) is 1.09. The van der Waals surface area contributed by atoms with Gasteiger partial charge in [0.25, 0.3) is 0 Å². The summed E-state index contributed by atoms with van der Waals surface area (Å²) in [5.41, 5.74) is 2.33. The number of nitrogens with one attached hydrogen (secondary N) is 1. The first-order valence-electron chi connectivity index (χ1n) is 9.44. The Labute approximate surface area is 147 Å². The van der Waals surface area contributed by atoms with Crippen LogP contribution in [0.15, 0.2) is 27.4 Å². The van der Waals surface area contributed by atoms with Crippen molar-refractivity contribution < 1.29 is 19.2 Å². The maximum Gasteiger partial charge on any atom is 0.339 e. The van der Waals surface area contributed by atoms with Gasteiger partial charge in [0, 0.05) is 17.0 Å². The molecule has 1 aliphatic carbocycles. The monoisotopic (exact) mass is 344 g/mol. The van der Waals surface area contributed by atoms with E-state index < -0.39 is 6.10 Å². The Morgan fingerprint density at radius 3 is 2.76 bits per heavy atom. The van der Waals surface area contributed by atoms with Crippen LogP contribution in [0.4, 0.5) is 0 Å². The van der Waals surface area contributed by atoms with Gasteiger partial charge in [-0.25, -0.2) is 4.79 Å². The molecule has 1 atom stereocenters. The lowest BCUT2D eigenvalue weighted by Crippen LogP contribution is -3.14. The number of rotatable bonds is 5. The third-order valence-electron chi connectivity index (χ3n) is 5.47. The molecule has 0 spiro atoms. The van der Waals surface area contributed by atoms with Crippen molar-refractivity contribution in [2.45, 2.75) is 44.6 Å². The molecule has 0 bridgehead atoms. The zero-order valence-electron chi connectivity index (χ0n) is 14.6. The molecule has 1 aromatic carbocycles. The van der Waals surface area contributed by atoms with Gasteiger partial charge in [0.15, 0.2) is 0 Å². The normalized spacial score (nSPS) is 19.1. The van der Waals surface area contributed by atoms with Crippen LogP contribution in [0.1, 0.15) is 36.8 Å². The van der Waals surface area contributed by atoms with Crippen LogP contribution in [0.25, 0.3) is 11.0 Å². The molecule has 134 valence electrons. The second-order valence-electron chi connectivity index (χ2n) is 7.34. The molecule has 1 fully saturated rings. The topological polar surface area (TPSA) is 64.1 Å². The number of hydrogen-bond acceptors (Lipinski definition) is 4. The number of benzene rings is 1. The highest BCUT2D eigenvalue weighted by Gasteiger charge is 2.21. The van der Waals surface area contributed by atoms with Gasteiger partial charge in [-0.3, -0.25) is 0 Å². The van der Waals surface area contributed by atoms with E-state index in [1.165, 1.54) is 24.2 Å². The van der Waals surface area contributed by atoms with Gasteiger partial charge in [-0.1, -0.05) is 0 Å². The molecule has 5 heteroatoms. The summed E-state index contributed by atoms with van der Waals surface area (Å²) < 4.78 is 11.2. The number of hydrogen-bond donors (Lipinski definition) is 2. The van der Waals surface area contributed by atoms with Gasteiger partial charge < -0.3 is 19.2 Å². The Morgan fingerprint density at radius 2 is 1.92 bits per heavy atom. The lowest BCUT2D eigenvalue weighted by atomic mass is 10.1. The van der Waals surface area contributed by atoms with E-state index in [2.05, 4.69) is 0 Å². The van der Waals surface area contributed by atoms with Gasteiger partial charge in [0.1, 0.15) is 30.6 Å². The lowest BCUT2D eigenvalue weighted by Gasteiger charge is -2.25. The Morgan fingerprint density at radius 1 is 1.12 bits per heavy atom. The summed E-state index contributed by atoms with van der Waals surface area (Å²) in [5.74, 6) is 0.640. The molecule has 1 aromatic heterocycles. The number of fused-ring (bicyclic) bond motifs is 3. The Kier molecular flexibility index (Phi) is 4.77. The first kappa shape index (κ1) is 16.6. The van der Waals surface area contributed by atoms with Crippen LogP contribution in [0.5, 0.6) is 5.75 Å². The number of ether oxygens (including phenoxy) is 1. The number of aliphatic hydroxyl groups is 1. The molecule has 2 aromatic rings. The van der Waals surface area contributed by atoms with Crippen LogP contribution in [-0.2, 0) is 12.8 Å². The molecule has 2 heterocycles. The Bertz CT molecular complexity index is 807. The average Bonchev–Trinajstić information content (AvgIpc) is 3.11. The zero-order chi connectivity index (χ0) is 17.2. The van der Waals surface area contributed by atoms with Crippen molar-refractivity contribution in [1.29, 1.82) is 0 Å². The maximum absolute atomic E-state index is 12.1. The van der Waals surface area contributed by atoms with Crippen LogP contribution < -0.4 is 15.3 Å². The second kappa shape index (κ2) is 7.18. The molecule has 1 aliphatic heterocycles. The maximum atomic E-state index is 12.1. The number of likely N-dealkylation sites (tertiary alicyclic amines) is 1. The molecule has 0 unspecified atom stereocenters. The number of piperidine rings is 1. The van der Waals surface area contributed by atoms with E-state index in [4.69, 9.17) is 9.15 Å². The molecule has 2 aliphatic rings. The van der Waals surface area contributed by atoms with Crippen molar-refractivity contribution in [3.05, 3.63) is 39.7 Å². The molecule has 0 amide bonds. The van der Waals surface area contributed by atoms with Crippen molar-refractivity contribution in [2.75, 3.05) is 26.2 Å². The summed E-state index contributed by atoms with van der Waals surface area (Å²) in [5, 5.41) is 11.2. The summed E-state index contributed by atoms with van der Waals surface area (Å²) in [6, 6.07) is 5.65. The SMILES string of the molecule is O=c1oc2cc(OC[C@H](O)C[NH+]3CCCCC3)ccc2c2c1CCC2. The average molecular weight is 344 g/mol. The Hall–Kier alpha value is -1.85. The minimum Gasteiger partial charge on any atom is -0.491 e. The fourth-order valence-electron chi connectivity index (χ4n) is 4.19. The molecule has 1 saturated heterocycles. The van der Waals surface area contributed by atoms with E-state index in [-0.39, 0.29) is 12.2 Å². The minimum absolute atomic E-state index is 0.217. The molecule has 4 rings (SSSR count). The zero-order valence-corrected chi connectivity index (χ0v) is 14.6. The summed E-state index contributed by atoms with van der Waals surface area (Å²) in [6.07, 6.45) is 6.10. The number of quaternary nitrogens is 1. The van der Waals surface area contributed by atoms with Crippen molar-refractivity contribution in [3.63, 3.8) is 0 Å². The molecular formula is C20H26NO4+. The van der Waals surface area contributed by atoms with E-state index in [9.17, 15) is 9.90 Å². The smallest absolute Gasteiger partial charge is 0.339 e. The molecule has 2 N–H and O–H groups in total. The van der Waals surface area contributed by atoms with E-state index in [1.54, 1.807) is 6.07 Å². The summed E-state index contributed by atoms with van der Waals surface area (Å²) >= 11 is 0. The lowest BCUT2D eigenvalue weighted by molar-refractivity contribution is -0.908. The highest BCUT2D eigenvalue weighted by molar-refractivity contribution is 5.83. The fraction of sp³-hybridized carbons (Fsp3) is 0.550. The number of aliphatic hydroxyl groups excluding tert-OH is 1. The molecular weight excluding hydrogens is 318 g/mol. The van der Waals surface area contributed by atoms with E-state index in [1.807, 2.05) is 12.1 Å². The van der Waals surface area contributed by atoms with Crippen LogP contribution in [0.2, 0.25) is 0 Å². The van der Waals surface area contributed by atoms with Crippen molar-refractivity contribution in [2.24, 2.45) is 0 Å². The van der Waals surface area contributed by atoms with Crippen molar-refractivity contribution in [3.8, 4) is 5.75 Å². The quantitative estimate of drug-likeness (QED) is 0.797. The third kappa shape index (κ3) is 3.58. The van der Waals surface area contributed by atoms with E-state index in [0.717, 1.165) is 55.4 Å². The first-order chi connectivity index (χ1) is 12.2. The van der Waals surface area contributed by atoms with Gasteiger partial charge in [0.05, 0.1) is 13.1 Å². The van der Waals surface area contributed by atoms with Gasteiger partial charge in [-0.05, 0) is 56.2 Å². The van der Waals surface area contributed by atoms with E-state index in [0.29, 0.717) is 11.3 Å². The van der Waals surface area contributed by atoms with Gasteiger partial charge in [-0.2, -0.15) is 0 Å². The van der Waals surface area contributed by atoms with Crippen LogP contribution in [0, 0.1) is 0 Å². The summed E-state index contributed by atoms with van der Waals surface area (Å²) in [7, 11) is 0. The molecule has 0 saturated carbocycles. The van der Waals surface area contributed by atoms with Crippen LogP contribution >= 0.6 is 0 Å². The molecule has 5 nitrogen and oxygen atoms in total. The van der Waals surface area contributed by atoms with Gasteiger partial charge >= 0.3 is 5.63 Å². The third-order valence-corrected chi connectivity index (χ3v) is 5.47.